The second-order valence-electron chi connectivity index (χ2n) is 8.33. The van der Waals surface area contributed by atoms with Crippen molar-refractivity contribution in [2.45, 2.75) is 6.54 Å². The Morgan fingerprint density at radius 1 is 0.861 bits per heavy atom. The highest BCUT2D eigenvalue weighted by molar-refractivity contribution is 6.15. The molecule has 3 aliphatic heterocycles. The van der Waals surface area contributed by atoms with Crippen LogP contribution in [0.5, 0.6) is 40.2 Å². The summed E-state index contributed by atoms with van der Waals surface area (Å²) in [6.07, 6.45) is 1.67. The monoisotopic (exact) mass is 489 g/mol. The number of ether oxygens (including phenoxy) is 7. The number of ketones is 1. The molecule has 0 aromatic heterocycles. The zero-order valence-electron chi connectivity index (χ0n) is 20.0. The summed E-state index contributed by atoms with van der Waals surface area (Å²) >= 11 is 0. The summed E-state index contributed by atoms with van der Waals surface area (Å²) in [7, 11) is 4.62. The third kappa shape index (κ3) is 3.51. The number of anilines is 1. The van der Waals surface area contributed by atoms with Crippen molar-refractivity contribution in [1.29, 1.82) is 0 Å². The molecule has 6 rings (SSSR count). The third-order valence-electron chi connectivity index (χ3n) is 6.33. The minimum absolute atomic E-state index is 0.202. The molecule has 0 spiro atoms. The molecule has 0 fully saturated rings. The first-order valence-corrected chi connectivity index (χ1v) is 11.3. The van der Waals surface area contributed by atoms with Crippen LogP contribution < -0.4 is 38.1 Å². The minimum atomic E-state index is -0.207. The molecule has 0 radical (unpaired) electrons. The Morgan fingerprint density at radius 3 is 2.36 bits per heavy atom. The van der Waals surface area contributed by atoms with Gasteiger partial charge in [0.2, 0.25) is 18.3 Å². The summed E-state index contributed by atoms with van der Waals surface area (Å²) in [6, 6.07) is 12.8. The average Bonchev–Trinajstić information content (AvgIpc) is 3.51. The first kappa shape index (κ1) is 22.0. The molecular formula is C27H23NO8. The quantitative estimate of drug-likeness (QED) is 0.484. The standard InChI is InChI=1S/C27H23NO8/c1-30-23-9-15(10-24(31-2)27(23)32-3)8-22-25(29)17-5-7-19-18(26(17)36-22)12-28(13-33-19)16-4-6-20-21(11-16)35-14-34-20/h4-11H,12-14H2,1-3H3. The van der Waals surface area contributed by atoms with Gasteiger partial charge in [0, 0.05) is 11.8 Å². The number of carbonyl (C=O) groups is 1. The highest BCUT2D eigenvalue weighted by atomic mass is 16.7. The number of hydrogen-bond donors (Lipinski definition) is 0. The largest absolute Gasteiger partial charge is 0.493 e. The summed E-state index contributed by atoms with van der Waals surface area (Å²) in [6.45, 7) is 1.07. The fourth-order valence-corrected chi connectivity index (χ4v) is 4.54. The van der Waals surface area contributed by atoms with E-state index in [0.29, 0.717) is 64.6 Å². The first-order valence-electron chi connectivity index (χ1n) is 11.3. The van der Waals surface area contributed by atoms with Crippen LogP contribution in [0.1, 0.15) is 21.5 Å². The summed E-state index contributed by atoms with van der Waals surface area (Å²) in [5, 5.41) is 0. The predicted octanol–water partition coefficient (Wildman–Crippen LogP) is 4.41. The van der Waals surface area contributed by atoms with E-state index < -0.39 is 0 Å². The first-order chi connectivity index (χ1) is 17.6. The van der Waals surface area contributed by atoms with Gasteiger partial charge in [-0.05, 0) is 48.0 Å². The van der Waals surface area contributed by atoms with Gasteiger partial charge in [0.15, 0.2) is 35.5 Å². The van der Waals surface area contributed by atoms with E-state index >= 15 is 0 Å². The van der Waals surface area contributed by atoms with E-state index in [4.69, 9.17) is 33.2 Å². The summed E-state index contributed by atoms with van der Waals surface area (Å²) in [5.74, 6) is 4.03. The second-order valence-corrected chi connectivity index (χ2v) is 8.33. The lowest BCUT2D eigenvalue weighted by Gasteiger charge is -2.31. The summed E-state index contributed by atoms with van der Waals surface area (Å²) in [4.78, 5) is 15.3. The summed E-state index contributed by atoms with van der Waals surface area (Å²) < 4.78 is 39.3. The van der Waals surface area contributed by atoms with E-state index in [2.05, 4.69) is 0 Å². The molecule has 0 aliphatic carbocycles. The molecule has 3 aromatic rings. The number of nitrogens with zero attached hydrogens (tertiary/aromatic N) is 1. The highest BCUT2D eigenvalue weighted by Crippen LogP contribution is 2.45. The Morgan fingerprint density at radius 2 is 1.61 bits per heavy atom. The van der Waals surface area contributed by atoms with Gasteiger partial charge < -0.3 is 38.1 Å². The minimum Gasteiger partial charge on any atom is -0.493 e. The molecule has 3 aromatic carbocycles. The van der Waals surface area contributed by atoms with Crippen LogP contribution in [0.15, 0.2) is 48.2 Å². The third-order valence-corrected chi connectivity index (χ3v) is 6.33. The molecule has 3 heterocycles. The van der Waals surface area contributed by atoms with Crippen LogP contribution in [0.25, 0.3) is 6.08 Å². The van der Waals surface area contributed by atoms with Gasteiger partial charge >= 0.3 is 0 Å². The van der Waals surface area contributed by atoms with Crippen LogP contribution in [-0.4, -0.2) is 40.6 Å². The number of allylic oxidation sites excluding steroid dienone is 1. The van der Waals surface area contributed by atoms with Gasteiger partial charge in [-0.25, -0.2) is 0 Å². The number of rotatable bonds is 5. The van der Waals surface area contributed by atoms with Gasteiger partial charge in [-0.3, -0.25) is 4.79 Å². The molecule has 184 valence electrons. The molecule has 0 saturated heterocycles. The van der Waals surface area contributed by atoms with Crippen molar-refractivity contribution >= 4 is 17.5 Å². The molecule has 0 N–H and O–H groups in total. The van der Waals surface area contributed by atoms with Crippen LogP contribution in [-0.2, 0) is 6.54 Å². The van der Waals surface area contributed by atoms with Crippen LogP contribution in [0, 0.1) is 0 Å². The maximum atomic E-state index is 13.2. The number of Topliss-reactive ketones (excluding diaryl/α,β-unsaturated/α-hetero) is 1. The normalized spacial score (nSPS) is 16.2. The fraction of sp³-hybridized carbons (Fsp3) is 0.222. The van der Waals surface area contributed by atoms with Gasteiger partial charge in [-0.1, -0.05) is 0 Å². The van der Waals surface area contributed by atoms with Crippen molar-refractivity contribution in [2.24, 2.45) is 0 Å². The fourth-order valence-electron chi connectivity index (χ4n) is 4.54. The lowest BCUT2D eigenvalue weighted by Crippen LogP contribution is -2.32. The van der Waals surface area contributed by atoms with E-state index in [0.717, 1.165) is 11.3 Å². The Hall–Kier alpha value is -4.53. The average molecular weight is 489 g/mol. The zero-order valence-corrected chi connectivity index (χ0v) is 20.0. The number of carbonyl (C=O) groups excluding carboxylic acids is 1. The van der Waals surface area contributed by atoms with E-state index in [1.165, 1.54) is 7.11 Å². The van der Waals surface area contributed by atoms with Crippen molar-refractivity contribution < 1.29 is 38.0 Å². The van der Waals surface area contributed by atoms with E-state index in [9.17, 15) is 4.79 Å². The van der Waals surface area contributed by atoms with Gasteiger partial charge in [-0.15, -0.1) is 0 Å². The van der Waals surface area contributed by atoms with Crippen molar-refractivity contribution in [3.8, 4) is 40.2 Å². The molecule has 0 amide bonds. The molecule has 0 atom stereocenters. The molecule has 0 saturated carbocycles. The predicted molar refractivity (Wildman–Crippen MR) is 130 cm³/mol. The topological polar surface area (TPSA) is 84.9 Å². The van der Waals surface area contributed by atoms with Crippen molar-refractivity contribution in [3.63, 3.8) is 0 Å². The Labute approximate surface area is 207 Å². The molecular weight excluding hydrogens is 466 g/mol. The SMILES string of the molecule is COc1cc(C=C2Oc3c(ccc4c3CN(c3ccc5c(c3)OCO5)CO4)C2=O)cc(OC)c1OC. The van der Waals surface area contributed by atoms with E-state index in [1.54, 1.807) is 38.5 Å². The summed E-state index contributed by atoms with van der Waals surface area (Å²) in [5.41, 5.74) is 2.88. The number of fused-ring (bicyclic) bond motifs is 4. The van der Waals surface area contributed by atoms with Crippen molar-refractivity contribution in [1.82, 2.24) is 0 Å². The van der Waals surface area contributed by atoms with Gasteiger partial charge in [0.1, 0.15) is 11.5 Å². The van der Waals surface area contributed by atoms with Crippen molar-refractivity contribution in [2.75, 3.05) is 39.8 Å². The van der Waals surface area contributed by atoms with Crippen LogP contribution >= 0.6 is 0 Å². The lowest BCUT2D eigenvalue weighted by atomic mass is 10.0. The second kappa shape index (κ2) is 8.60. The van der Waals surface area contributed by atoms with Gasteiger partial charge in [0.05, 0.1) is 39.0 Å². The van der Waals surface area contributed by atoms with Gasteiger partial charge in [-0.2, -0.15) is 0 Å². The Kier molecular flexibility index (Phi) is 5.25. The zero-order chi connectivity index (χ0) is 24.8. The molecule has 0 bridgehead atoms. The maximum absolute atomic E-state index is 13.2. The van der Waals surface area contributed by atoms with Crippen LogP contribution in [0.4, 0.5) is 5.69 Å². The van der Waals surface area contributed by atoms with Crippen molar-refractivity contribution in [3.05, 3.63) is 64.9 Å². The lowest BCUT2D eigenvalue weighted by molar-refractivity contribution is 0.101. The molecule has 9 nitrogen and oxygen atoms in total. The van der Waals surface area contributed by atoms with Crippen LogP contribution in [0.3, 0.4) is 0 Å². The molecule has 36 heavy (non-hydrogen) atoms. The Balaban J connectivity index is 1.32. The molecule has 0 unspecified atom stereocenters. The number of benzene rings is 3. The number of hydrogen-bond acceptors (Lipinski definition) is 9. The van der Waals surface area contributed by atoms with E-state index in [-0.39, 0.29) is 18.3 Å². The Bertz CT molecular complexity index is 1390. The maximum Gasteiger partial charge on any atom is 0.231 e. The van der Waals surface area contributed by atoms with Crippen LogP contribution in [0.2, 0.25) is 0 Å². The smallest absolute Gasteiger partial charge is 0.231 e. The molecule has 3 aliphatic rings. The molecule has 9 heteroatoms. The number of methoxy groups -OCH3 is 3. The van der Waals surface area contributed by atoms with E-state index in [1.807, 2.05) is 29.2 Å². The highest BCUT2D eigenvalue weighted by Gasteiger charge is 2.34. The van der Waals surface area contributed by atoms with Gasteiger partial charge in [0.25, 0.3) is 0 Å².